The van der Waals surface area contributed by atoms with Crippen molar-refractivity contribution in [1.29, 1.82) is 0 Å². The average Bonchev–Trinajstić information content (AvgIpc) is 2.92. The zero-order valence-electron chi connectivity index (χ0n) is 20.0. The van der Waals surface area contributed by atoms with Crippen LogP contribution in [0, 0.1) is 0 Å². The lowest BCUT2D eigenvalue weighted by Gasteiger charge is -2.31. The summed E-state index contributed by atoms with van der Waals surface area (Å²) < 4.78 is 0. The molecule has 2 amide bonds. The van der Waals surface area contributed by atoms with Crippen LogP contribution in [0.3, 0.4) is 0 Å². The van der Waals surface area contributed by atoms with Crippen molar-refractivity contribution < 1.29 is 9.59 Å². The highest BCUT2D eigenvalue weighted by Gasteiger charge is 2.30. The van der Waals surface area contributed by atoms with Gasteiger partial charge in [0, 0.05) is 24.5 Å². The Labute approximate surface area is 217 Å². The summed E-state index contributed by atoms with van der Waals surface area (Å²) in [7, 11) is 0. The van der Waals surface area contributed by atoms with Gasteiger partial charge < -0.3 is 10.2 Å². The van der Waals surface area contributed by atoms with Gasteiger partial charge in [-0.3, -0.25) is 9.59 Å². The molecule has 0 fully saturated rings. The van der Waals surface area contributed by atoms with E-state index in [1.165, 1.54) is 0 Å². The fraction of sp³-hybridized carbons (Fsp3) is 0.161. The standard InChI is InChI=1S/C31H29ClN2O2/c32-28-18-16-26(17-19-28)22-33-31(36)29(20-24-10-4-1-5-11-24)34(23-27-14-8-3-9-15-27)30(35)21-25-12-6-2-7-13-25/h1-19,29H,20-23H2,(H,33,36)/t29-/m0/s1. The molecule has 0 aliphatic heterocycles. The van der Waals surface area contributed by atoms with Gasteiger partial charge in [0.1, 0.15) is 6.04 Å². The van der Waals surface area contributed by atoms with Crippen molar-refractivity contribution in [2.45, 2.75) is 32.0 Å². The molecule has 0 bridgehead atoms. The number of nitrogens with zero attached hydrogens (tertiary/aromatic N) is 1. The van der Waals surface area contributed by atoms with Crippen molar-refractivity contribution in [3.63, 3.8) is 0 Å². The number of benzene rings is 4. The van der Waals surface area contributed by atoms with Crippen molar-refractivity contribution in [2.24, 2.45) is 0 Å². The first-order valence-electron chi connectivity index (χ1n) is 12.0. The first kappa shape index (κ1) is 25.2. The van der Waals surface area contributed by atoms with E-state index in [1.54, 1.807) is 17.0 Å². The second-order valence-corrected chi connectivity index (χ2v) is 9.16. The third-order valence-corrected chi connectivity index (χ3v) is 6.30. The Morgan fingerprint density at radius 2 is 1.19 bits per heavy atom. The lowest BCUT2D eigenvalue weighted by atomic mass is 10.0. The summed E-state index contributed by atoms with van der Waals surface area (Å²) in [4.78, 5) is 29.1. The molecule has 0 aromatic heterocycles. The van der Waals surface area contributed by atoms with Crippen LogP contribution in [0.5, 0.6) is 0 Å². The van der Waals surface area contributed by atoms with Crippen LogP contribution < -0.4 is 5.32 Å². The Hall–Kier alpha value is -3.89. The van der Waals surface area contributed by atoms with Crippen molar-refractivity contribution in [3.05, 3.63) is 143 Å². The molecular formula is C31H29ClN2O2. The van der Waals surface area contributed by atoms with Gasteiger partial charge in [-0.05, 0) is 34.4 Å². The van der Waals surface area contributed by atoms with Gasteiger partial charge in [0.05, 0.1) is 6.42 Å². The molecule has 0 saturated carbocycles. The predicted molar refractivity (Wildman–Crippen MR) is 144 cm³/mol. The highest BCUT2D eigenvalue weighted by atomic mass is 35.5. The number of hydrogen-bond acceptors (Lipinski definition) is 2. The van der Waals surface area contributed by atoms with E-state index in [-0.39, 0.29) is 18.2 Å². The molecule has 0 heterocycles. The molecule has 0 radical (unpaired) electrons. The maximum atomic E-state index is 13.7. The van der Waals surface area contributed by atoms with E-state index >= 15 is 0 Å². The van der Waals surface area contributed by atoms with Gasteiger partial charge in [0.2, 0.25) is 11.8 Å². The Balaban J connectivity index is 1.62. The summed E-state index contributed by atoms with van der Waals surface area (Å²) >= 11 is 6.00. The molecule has 4 aromatic rings. The maximum Gasteiger partial charge on any atom is 0.243 e. The van der Waals surface area contributed by atoms with Crippen LogP contribution in [0.25, 0.3) is 0 Å². The van der Waals surface area contributed by atoms with E-state index < -0.39 is 6.04 Å². The van der Waals surface area contributed by atoms with Crippen LogP contribution in [0.15, 0.2) is 115 Å². The summed E-state index contributed by atoms with van der Waals surface area (Å²) in [6, 6.07) is 36.0. The third-order valence-electron chi connectivity index (χ3n) is 6.05. The summed E-state index contributed by atoms with van der Waals surface area (Å²) in [5.74, 6) is -0.279. The molecule has 182 valence electrons. The largest absolute Gasteiger partial charge is 0.350 e. The highest BCUT2D eigenvalue weighted by molar-refractivity contribution is 6.30. The smallest absolute Gasteiger partial charge is 0.243 e. The minimum absolute atomic E-state index is 0.0902. The van der Waals surface area contributed by atoms with Crippen LogP contribution in [0.2, 0.25) is 5.02 Å². The van der Waals surface area contributed by atoms with Crippen molar-refractivity contribution in [3.8, 4) is 0 Å². The zero-order chi connectivity index (χ0) is 25.2. The zero-order valence-corrected chi connectivity index (χ0v) is 20.8. The molecule has 0 aliphatic rings. The van der Waals surface area contributed by atoms with E-state index in [4.69, 9.17) is 11.6 Å². The number of amides is 2. The summed E-state index contributed by atoms with van der Waals surface area (Å²) in [6.07, 6.45) is 0.643. The van der Waals surface area contributed by atoms with Crippen molar-refractivity contribution in [1.82, 2.24) is 10.2 Å². The van der Waals surface area contributed by atoms with Gasteiger partial charge in [-0.25, -0.2) is 0 Å². The minimum atomic E-state index is -0.670. The van der Waals surface area contributed by atoms with Gasteiger partial charge in [-0.2, -0.15) is 0 Å². The summed E-state index contributed by atoms with van der Waals surface area (Å²) in [5, 5.41) is 3.69. The topological polar surface area (TPSA) is 49.4 Å². The van der Waals surface area contributed by atoms with Crippen LogP contribution in [-0.2, 0) is 35.5 Å². The molecule has 1 N–H and O–H groups in total. The van der Waals surface area contributed by atoms with Gasteiger partial charge >= 0.3 is 0 Å². The molecule has 4 nitrogen and oxygen atoms in total. The molecule has 1 atom stereocenters. The van der Waals surface area contributed by atoms with E-state index in [9.17, 15) is 9.59 Å². The molecule has 4 aromatic carbocycles. The SMILES string of the molecule is O=C(NCc1ccc(Cl)cc1)[C@H](Cc1ccccc1)N(Cc1ccccc1)C(=O)Cc1ccccc1. The van der Waals surface area contributed by atoms with E-state index in [1.807, 2.05) is 103 Å². The molecule has 36 heavy (non-hydrogen) atoms. The van der Waals surface area contributed by atoms with E-state index in [0.29, 0.717) is 24.5 Å². The third kappa shape index (κ3) is 7.30. The lowest BCUT2D eigenvalue weighted by Crippen LogP contribution is -2.50. The molecule has 4 rings (SSSR count). The van der Waals surface area contributed by atoms with Gasteiger partial charge in [-0.1, -0.05) is 115 Å². The quantitative estimate of drug-likeness (QED) is 0.300. The number of rotatable bonds is 10. The van der Waals surface area contributed by atoms with Crippen LogP contribution in [0.4, 0.5) is 0 Å². The van der Waals surface area contributed by atoms with Crippen LogP contribution >= 0.6 is 11.6 Å². The first-order chi connectivity index (χ1) is 17.6. The van der Waals surface area contributed by atoms with Gasteiger partial charge in [0.15, 0.2) is 0 Å². The predicted octanol–water partition coefficient (Wildman–Crippen LogP) is 5.84. The Kier molecular flexibility index (Phi) is 8.90. The highest BCUT2D eigenvalue weighted by Crippen LogP contribution is 2.17. The molecule has 0 spiro atoms. The van der Waals surface area contributed by atoms with Gasteiger partial charge in [0.25, 0.3) is 0 Å². The number of nitrogens with one attached hydrogen (secondary N) is 1. The first-order valence-corrected chi connectivity index (χ1v) is 12.4. The lowest BCUT2D eigenvalue weighted by molar-refractivity contribution is -0.140. The minimum Gasteiger partial charge on any atom is -0.350 e. The summed E-state index contributed by atoms with van der Waals surface area (Å²) in [5.41, 5.74) is 3.83. The number of halogens is 1. The monoisotopic (exact) mass is 496 g/mol. The second-order valence-electron chi connectivity index (χ2n) is 8.72. The normalized spacial score (nSPS) is 11.5. The van der Waals surface area contributed by atoms with Crippen LogP contribution in [-0.4, -0.2) is 22.8 Å². The molecule has 0 aliphatic carbocycles. The van der Waals surface area contributed by atoms with Gasteiger partial charge in [-0.15, -0.1) is 0 Å². The van der Waals surface area contributed by atoms with E-state index in [2.05, 4.69) is 5.32 Å². The molecule has 5 heteroatoms. The van der Waals surface area contributed by atoms with Crippen molar-refractivity contribution >= 4 is 23.4 Å². The fourth-order valence-electron chi connectivity index (χ4n) is 4.12. The molecular weight excluding hydrogens is 468 g/mol. The molecule has 0 saturated heterocycles. The van der Waals surface area contributed by atoms with Crippen LogP contribution in [0.1, 0.15) is 22.3 Å². The second kappa shape index (κ2) is 12.7. The summed E-state index contributed by atoms with van der Waals surface area (Å²) in [6.45, 7) is 0.700. The van der Waals surface area contributed by atoms with E-state index in [0.717, 1.165) is 22.3 Å². The Morgan fingerprint density at radius 1 is 0.667 bits per heavy atom. The maximum absolute atomic E-state index is 13.7. The number of carbonyl (C=O) groups excluding carboxylic acids is 2. The number of hydrogen-bond donors (Lipinski definition) is 1. The molecule has 0 unspecified atom stereocenters. The Morgan fingerprint density at radius 3 is 1.78 bits per heavy atom. The fourth-order valence-corrected chi connectivity index (χ4v) is 4.24. The van der Waals surface area contributed by atoms with Crippen molar-refractivity contribution in [2.75, 3.05) is 0 Å². The number of carbonyl (C=O) groups is 2. The Bertz CT molecular complexity index is 1250. The average molecular weight is 497 g/mol.